The van der Waals surface area contributed by atoms with Crippen LogP contribution in [0.3, 0.4) is 0 Å². The number of carbonyl (C=O) groups excluding carboxylic acids is 1. The summed E-state index contributed by atoms with van der Waals surface area (Å²) in [7, 11) is 3.77. The Labute approximate surface area is 109 Å². The standard InChI is InChI=1S/C14H22N2O2/c1-11-6-5-7-12(8-11)13(17)15-9-14(2,18)10-16(3)4/h5-8,18H,9-10H2,1-4H3,(H,15,17). The van der Waals surface area contributed by atoms with Crippen LogP contribution in [0.2, 0.25) is 0 Å². The van der Waals surface area contributed by atoms with E-state index >= 15 is 0 Å². The van der Waals surface area contributed by atoms with Crippen LogP contribution in [0.25, 0.3) is 0 Å². The lowest BCUT2D eigenvalue weighted by molar-refractivity contribution is 0.0326. The molecule has 0 radical (unpaired) electrons. The first-order valence-corrected chi connectivity index (χ1v) is 6.02. The number of nitrogens with zero attached hydrogens (tertiary/aromatic N) is 1. The summed E-state index contributed by atoms with van der Waals surface area (Å²) in [6.07, 6.45) is 0. The van der Waals surface area contributed by atoms with Gasteiger partial charge in [0.2, 0.25) is 0 Å². The van der Waals surface area contributed by atoms with Crippen molar-refractivity contribution in [1.82, 2.24) is 10.2 Å². The molecule has 18 heavy (non-hydrogen) atoms. The minimum absolute atomic E-state index is 0.155. The molecule has 0 fully saturated rings. The molecule has 100 valence electrons. The van der Waals surface area contributed by atoms with Gasteiger partial charge in [0.25, 0.3) is 5.91 Å². The highest BCUT2D eigenvalue weighted by Gasteiger charge is 2.22. The lowest BCUT2D eigenvalue weighted by Crippen LogP contribution is -2.47. The number of aliphatic hydroxyl groups is 1. The van der Waals surface area contributed by atoms with Crippen molar-refractivity contribution in [1.29, 1.82) is 0 Å². The fourth-order valence-electron chi connectivity index (χ4n) is 1.90. The van der Waals surface area contributed by atoms with Crippen molar-refractivity contribution in [3.05, 3.63) is 35.4 Å². The smallest absolute Gasteiger partial charge is 0.251 e. The van der Waals surface area contributed by atoms with E-state index < -0.39 is 5.60 Å². The molecule has 1 amide bonds. The molecular weight excluding hydrogens is 228 g/mol. The van der Waals surface area contributed by atoms with E-state index in [0.717, 1.165) is 5.56 Å². The number of hydrogen-bond acceptors (Lipinski definition) is 3. The third-order valence-corrected chi connectivity index (χ3v) is 2.57. The largest absolute Gasteiger partial charge is 0.387 e. The lowest BCUT2D eigenvalue weighted by Gasteiger charge is -2.27. The van der Waals surface area contributed by atoms with Crippen LogP contribution in [-0.2, 0) is 0 Å². The van der Waals surface area contributed by atoms with E-state index in [1.165, 1.54) is 0 Å². The number of carbonyl (C=O) groups is 1. The van der Waals surface area contributed by atoms with Gasteiger partial charge in [-0.2, -0.15) is 0 Å². The summed E-state index contributed by atoms with van der Waals surface area (Å²) < 4.78 is 0. The van der Waals surface area contributed by atoms with E-state index in [-0.39, 0.29) is 12.5 Å². The van der Waals surface area contributed by atoms with Gasteiger partial charge in [-0.05, 0) is 40.1 Å². The Hall–Kier alpha value is -1.39. The average Bonchev–Trinajstić information content (AvgIpc) is 2.24. The molecule has 2 N–H and O–H groups in total. The predicted octanol–water partition coefficient (Wildman–Crippen LogP) is 1.04. The van der Waals surface area contributed by atoms with E-state index in [1.807, 2.05) is 44.1 Å². The summed E-state index contributed by atoms with van der Waals surface area (Å²) in [6, 6.07) is 7.39. The van der Waals surface area contributed by atoms with Gasteiger partial charge in [0.05, 0.1) is 5.60 Å². The Bertz CT molecular complexity index is 414. The molecule has 1 unspecified atom stereocenters. The third kappa shape index (κ3) is 4.85. The van der Waals surface area contributed by atoms with Crippen molar-refractivity contribution in [2.45, 2.75) is 19.4 Å². The molecular formula is C14H22N2O2. The third-order valence-electron chi connectivity index (χ3n) is 2.57. The van der Waals surface area contributed by atoms with Crippen LogP contribution >= 0.6 is 0 Å². The number of amides is 1. The molecule has 0 saturated heterocycles. The zero-order chi connectivity index (χ0) is 13.8. The molecule has 0 spiro atoms. The van der Waals surface area contributed by atoms with Crippen LogP contribution in [0.4, 0.5) is 0 Å². The van der Waals surface area contributed by atoms with E-state index in [9.17, 15) is 9.90 Å². The fraction of sp³-hybridized carbons (Fsp3) is 0.500. The molecule has 0 heterocycles. The van der Waals surface area contributed by atoms with Gasteiger partial charge in [0, 0.05) is 18.7 Å². The van der Waals surface area contributed by atoms with Crippen molar-refractivity contribution in [2.75, 3.05) is 27.2 Å². The van der Waals surface area contributed by atoms with Gasteiger partial charge in [-0.25, -0.2) is 0 Å². The van der Waals surface area contributed by atoms with Crippen LogP contribution in [0, 0.1) is 6.92 Å². The number of benzene rings is 1. The molecule has 0 aliphatic rings. The molecule has 0 bridgehead atoms. The first kappa shape index (κ1) is 14.7. The maximum Gasteiger partial charge on any atom is 0.251 e. The molecule has 1 aromatic rings. The fourth-order valence-corrected chi connectivity index (χ4v) is 1.90. The van der Waals surface area contributed by atoms with E-state index in [2.05, 4.69) is 5.32 Å². The molecule has 1 atom stereocenters. The van der Waals surface area contributed by atoms with Gasteiger partial charge in [-0.1, -0.05) is 17.7 Å². The van der Waals surface area contributed by atoms with Crippen molar-refractivity contribution in [3.8, 4) is 0 Å². The van der Waals surface area contributed by atoms with Crippen LogP contribution < -0.4 is 5.32 Å². The summed E-state index contributed by atoms with van der Waals surface area (Å²) in [5.74, 6) is -0.155. The number of hydrogen-bond donors (Lipinski definition) is 2. The van der Waals surface area contributed by atoms with Crippen LogP contribution in [0.15, 0.2) is 24.3 Å². The van der Waals surface area contributed by atoms with Crippen molar-refractivity contribution < 1.29 is 9.90 Å². The maximum absolute atomic E-state index is 11.9. The number of aryl methyl sites for hydroxylation is 1. The highest BCUT2D eigenvalue weighted by Crippen LogP contribution is 2.06. The zero-order valence-corrected chi connectivity index (χ0v) is 11.5. The van der Waals surface area contributed by atoms with Crippen molar-refractivity contribution in [2.24, 2.45) is 0 Å². The normalized spacial score (nSPS) is 14.3. The predicted molar refractivity (Wildman–Crippen MR) is 72.7 cm³/mol. The van der Waals surface area contributed by atoms with Crippen molar-refractivity contribution in [3.63, 3.8) is 0 Å². The quantitative estimate of drug-likeness (QED) is 0.821. The molecule has 0 aliphatic carbocycles. The number of likely N-dealkylation sites (N-methyl/N-ethyl adjacent to an activating group) is 1. The van der Waals surface area contributed by atoms with Gasteiger partial charge in [0.1, 0.15) is 0 Å². The minimum atomic E-state index is -0.928. The molecule has 0 aromatic heterocycles. The van der Waals surface area contributed by atoms with Gasteiger partial charge in [-0.15, -0.1) is 0 Å². The highest BCUT2D eigenvalue weighted by atomic mass is 16.3. The first-order valence-electron chi connectivity index (χ1n) is 6.02. The Morgan fingerprint density at radius 3 is 2.67 bits per heavy atom. The van der Waals surface area contributed by atoms with Crippen molar-refractivity contribution >= 4 is 5.91 Å². The van der Waals surface area contributed by atoms with Crippen LogP contribution in [-0.4, -0.2) is 48.7 Å². The summed E-state index contributed by atoms with van der Waals surface area (Å²) in [6.45, 7) is 4.39. The SMILES string of the molecule is Cc1cccc(C(=O)NCC(C)(O)CN(C)C)c1. The second-order valence-electron chi connectivity index (χ2n) is 5.29. The van der Waals surface area contributed by atoms with Gasteiger partial charge in [-0.3, -0.25) is 4.79 Å². The Morgan fingerprint density at radius 2 is 2.11 bits per heavy atom. The summed E-state index contributed by atoms with van der Waals surface area (Å²) >= 11 is 0. The second kappa shape index (κ2) is 5.98. The topological polar surface area (TPSA) is 52.6 Å². The van der Waals surface area contributed by atoms with E-state index in [1.54, 1.807) is 13.0 Å². The molecule has 0 aliphatic heterocycles. The van der Waals surface area contributed by atoms with E-state index in [0.29, 0.717) is 12.1 Å². The number of rotatable bonds is 5. The van der Waals surface area contributed by atoms with Gasteiger partial charge >= 0.3 is 0 Å². The first-order chi connectivity index (χ1) is 8.30. The molecule has 4 nitrogen and oxygen atoms in total. The average molecular weight is 250 g/mol. The molecule has 1 rings (SSSR count). The summed E-state index contributed by atoms with van der Waals surface area (Å²) in [5, 5.41) is 12.8. The zero-order valence-electron chi connectivity index (χ0n) is 11.5. The second-order valence-corrected chi connectivity index (χ2v) is 5.29. The Balaban J connectivity index is 2.56. The molecule has 1 aromatic carbocycles. The van der Waals surface area contributed by atoms with Crippen LogP contribution in [0.5, 0.6) is 0 Å². The van der Waals surface area contributed by atoms with Gasteiger partial charge < -0.3 is 15.3 Å². The minimum Gasteiger partial charge on any atom is -0.387 e. The van der Waals surface area contributed by atoms with Gasteiger partial charge in [0.15, 0.2) is 0 Å². The summed E-state index contributed by atoms with van der Waals surface area (Å²) in [5.41, 5.74) is 0.738. The lowest BCUT2D eigenvalue weighted by atomic mass is 10.1. The number of nitrogens with one attached hydrogen (secondary N) is 1. The Morgan fingerprint density at radius 1 is 1.44 bits per heavy atom. The van der Waals surface area contributed by atoms with E-state index in [4.69, 9.17) is 0 Å². The highest BCUT2D eigenvalue weighted by molar-refractivity contribution is 5.94. The monoisotopic (exact) mass is 250 g/mol. The maximum atomic E-state index is 11.9. The van der Waals surface area contributed by atoms with Crippen LogP contribution in [0.1, 0.15) is 22.8 Å². The molecule has 4 heteroatoms. The Kier molecular flexibility index (Phi) is 4.87. The molecule has 0 saturated carbocycles. The summed E-state index contributed by atoms with van der Waals surface area (Å²) in [4.78, 5) is 13.8.